The van der Waals surface area contributed by atoms with Crippen LogP contribution in [-0.4, -0.2) is 35.0 Å². The van der Waals surface area contributed by atoms with Crippen molar-refractivity contribution in [3.8, 4) is 0 Å². The summed E-state index contributed by atoms with van der Waals surface area (Å²) in [6.07, 6.45) is 0.0632. The fourth-order valence-electron chi connectivity index (χ4n) is 3.66. The second-order valence-corrected chi connectivity index (χ2v) is 8.62. The van der Waals surface area contributed by atoms with Crippen molar-refractivity contribution in [2.45, 2.75) is 58.2 Å². The van der Waals surface area contributed by atoms with Crippen LogP contribution >= 0.6 is 0 Å². The number of nitrogens with one attached hydrogen (secondary N) is 1. The Hall–Kier alpha value is -2.66. The van der Waals surface area contributed by atoms with E-state index in [2.05, 4.69) is 19.2 Å². The van der Waals surface area contributed by atoms with E-state index < -0.39 is 11.6 Å². The maximum Gasteiger partial charge on any atom is 0.324 e. The fraction of sp³-hybridized carbons (Fsp3) is 0.417. The Morgan fingerprint density at radius 2 is 1.79 bits per heavy atom. The number of carbonyl (C=O) groups is 2. The summed E-state index contributed by atoms with van der Waals surface area (Å²) in [5, 5.41) is 2.91. The van der Waals surface area contributed by atoms with Gasteiger partial charge in [0.05, 0.1) is 6.42 Å². The summed E-state index contributed by atoms with van der Waals surface area (Å²) < 4.78 is 5.59. The summed E-state index contributed by atoms with van der Waals surface area (Å²) in [6.45, 7) is 9.23. The second-order valence-electron chi connectivity index (χ2n) is 8.62. The van der Waals surface area contributed by atoms with Crippen LogP contribution in [0.5, 0.6) is 0 Å². The van der Waals surface area contributed by atoms with Crippen molar-refractivity contribution in [1.82, 2.24) is 4.90 Å². The van der Waals surface area contributed by atoms with Crippen molar-refractivity contribution in [2.24, 2.45) is 0 Å². The van der Waals surface area contributed by atoms with Gasteiger partial charge in [-0.3, -0.25) is 14.5 Å². The molecule has 1 unspecified atom stereocenters. The molecule has 2 aromatic carbocycles. The minimum absolute atomic E-state index is 0.0632. The highest BCUT2D eigenvalue weighted by atomic mass is 16.6. The number of esters is 1. The van der Waals surface area contributed by atoms with Crippen molar-refractivity contribution in [2.75, 3.05) is 11.9 Å². The zero-order valence-electron chi connectivity index (χ0n) is 17.6. The molecule has 1 N–H and O–H groups in total. The van der Waals surface area contributed by atoms with E-state index in [0.29, 0.717) is 19.0 Å². The zero-order chi connectivity index (χ0) is 21.0. The van der Waals surface area contributed by atoms with Crippen LogP contribution in [0.25, 0.3) is 0 Å². The minimum Gasteiger partial charge on any atom is -0.457 e. The molecule has 0 spiro atoms. The molecule has 1 heterocycles. The predicted octanol–water partition coefficient (Wildman–Crippen LogP) is 4.34. The molecule has 5 nitrogen and oxygen atoms in total. The van der Waals surface area contributed by atoms with Gasteiger partial charge in [-0.2, -0.15) is 0 Å². The van der Waals surface area contributed by atoms with Gasteiger partial charge in [-0.1, -0.05) is 56.3 Å². The Bertz CT molecular complexity index is 844. The highest BCUT2D eigenvalue weighted by Gasteiger charge is 2.41. The lowest BCUT2D eigenvalue weighted by Gasteiger charge is -2.42. The normalized spacial score (nSPS) is 19.1. The molecular formula is C24H30N2O3. The molecule has 1 fully saturated rings. The molecule has 0 aliphatic carbocycles. The van der Waals surface area contributed by atoms with Gasteiger partial charge in [0.2, 0.25) is 5.91 Å². The number of amides is 1. The molecule has 0 bridgehead atoms. The third kappa shape index (κ3) is 5.67. The van der Waals surface area contributed by atoms with Crippen LogP contribution in [0.3, 0.4) is 0 Å². The molecular weight excluding hydrogens is 364 g/mol. The zero-order valence-corrected chi connectivity index (χ0v) is 17.6. The van der Waals surface area contributed by atoms with Crippen molar-refractivity contribution >= 4 is 17.6 Å². The summed E-state index contributed by atoms with van der Waals surface area (Å²) in [6, 6.07) is 17.2. The molecule has 0 saturated carbocycles. The van der Waals surface area contributed by atoms with Gasteiger partial charge in [0.25, 0.3) is 0 Å². The number of hydrogen-bond donors (Lipinski definition) is 1. The smallest absolute Gasteiger partial charge is 0.324 e. The number of rotatable bonds is 6. The lowest BCUT2D eigenvalue weighted by molar-refractivity contribution is -0.179. The van der Waals surface area contributed by atoms with E-state index in [4.69, 9.17) is 4.74 Å². The molecule has 29 heavy (non-hydrogen) atoms. The van der Waals surface area contributed by atoms with Gasteiger partial charge in [-0.25, -0.2) is 0 Å². The molecule has 1 aliphatic heterocycles. The van der Waals surface area contributed by atoms with E-state index in [-0.39, 0.29) is 18.3 Å². The summed E-state index contributed by atoms with van der Waals surface area (Å²) in [7, 11) is 0. The highest BCUT2D eigenvalue weighted by Crippen LogP contribution is 2.26. The van der Waals surface area contributed by atoms with Gasteiger partial charge in [-0.05, 0) is 43.0 Å². The molecule has 3 rings (SSSR count). The number of benzene rings is 2. The van der Waals surface area contributed by atoms with E-state index in [1.54, 1.807) is 0 Å². The Kier molecular flexibility index (Phi) is 6.38. The molecule has 2 aromatic rings. The number of anilines is 1. The lowest BCUT2D eigenvalue weighted by atomic mass is 10.0. The minimum atomic E-state index is -0.599. The molecule has 1 atom stereocenters. The van der Waals surface area contributed by atoms with Crippen LogP contribution in [0.2, 0.25) is 0 Å². The van der Waals surface area contributed by atoms with Gasteiger partial charge in [0, 0.05) is 18.8 Å². The SMILES string of the molecule is CC(C)c1ccc(NC(=O)CC2C(=O)OC(C)(C)CN2Cc2ccccc2)cc1. The maximum absolute atomic E-state index is 12.7. The van der Waals surface area contributed by atoms with Crippen molar-refractivity contribution in [1.29, 1.82) is 0 Å². The average Bonchev–Trinajstić information content (AvgIpc) is 2.65. The molecule has 5 heteroatoms. The van der Waals surface area contributed by atoms with Crippen molar-refractivity contribution in [3.63, 3.8) is 0 Å². The first-order valence-electron chi connectivity index (χ1n) is 10.1. The third-order valence-corrected chi connectivity index (χ3v) is 5.14. The first-order chi connectivity index (χ1) is 13.7. The quantitative estimate of drug-likeness (QED) is 0.740. The summed E-state index contributed by atoms with van der Waals surface area (Å²) >= 11 is 0. The van der Waals surface area contributed by atoms with Crippen LogP contribution < -0.4 is 5.32 Å². The van der Waals surface area contributed by atoms with E-state index in [9.17, 15) is 9.59 Å². The molecule has 1 amide bonds. The van der Waals surface area contributed by atoms with Gasteiger partial charge in [0.1, 0.15) is 11.6 Å². The second kappa shape index (κ2) is 8.78. The first-order valence-corrected chi connectivity index (χ1v) is 10.1. The number of morpholine rings is 1. The Morgan fingerprint density at radius 3 is 2.41 bits per heavy atom. The number of hydrogen-bond acceptors (Lipinski definition) is 4. The summed E-state index contributed by atoms with van der Waals surface area (Å²) in [4.78, 5) is 27.4. The van der Waals surface area contributed by atoms with E-state index in [1.165, 1.54) is 5.56 Å². The van der Waals surface area contributed by atoms with Gasteiger partial charge < -0.3 is 10.1 Å². The molecule has 154 valence electrons. The first kappa shape index (κ1) is 21.1. The number of cyclic esters (lactones) is 1. The largest absolute Gasteiger partial charge is 0.457 e. The Morgan fingerprint density at radius 1 is 1.14 bits per heavy atom. The molecule has 1 aliphatic rings. The highest BCUT2D eigenvalue weighted by molar-refractivity contribution is 5.94. The topological polar surface area (TPSA) is 58.6 Å². The van der Waals surface area contributed by atoms with E-state index >= 15 is 0 Å². The molecule has 0 aromatic heterocycles. The van der Waals surface area contributed by atoms with Crippen molar-refractivity contribution in [3.05, 3.63) is 65.7 Å². The standard InChI is InChI=1S/C24H30N2O3/c1-17(2)19-10-12-20(13-11-19)25-22(27)14-21-23(28)29-24(3,4)16-26(21)15-18-8-6-5-7-9-18/h5-13,17,21H,14-16H2,1-4H3,(H,25,27). The molecule has 1 saturated heterocycles. The molecule has 0 radical (unpaired) electrons. The Balaban J connectivity index is 1.69. The van der Waals surface area contributed by atoms with E-state index in [1.807, 2.05) is 73.3 Å². The van der Waals surface area contributed by atoms with Crippen LogP contribution in [0.4, 0.5) is 5.69 Å². The monoisotopic (exact) mass is 394 g/mol. The average molecular weight is 395 g/mol. The van der Waals surface area contributed by atoms with Gasteiger partial charge in [0.15, 0.2) is 0 Å². The van der Waals surface area contributed by atoms with Crippen LogP contribution in [0.15, 0.2) is 54.6 Å². The number of ether oxygens (including phenoxy) is 1. The summed E-state index contributed by atoms with van der Waals surface area (Å²) in [5.41, 5.74) is 2.48. The predicted molar refractivity (Wildman–Crippen MR) is 115 cm³/mol. The van der Waals surface area contributed by atoms with Crippen LogP contribution in [-0.2, 0) is 20.9 Å². The number of nitrogens with zero attached hydrogens (tertiary/aromatic N) is 1. The van der Waals surface area contributed by atoms with Crippen molar-refractivity contribution < 1.29 is 14.3 Å². The van der Waals surface area contributed by atoms with Crippen LogP contribution in [0.1, 0.15) is 51.2 Å². The number of carbonyl (C=O) groups excluding carboxylic acids is 2. The van der Waals surface area contributed by atoms with Gasteiger partial charge in [-0.15, -0.1) is 0 Å². The third-order valence-electron chi connectivity index (χ3n) is 5.14. The summed E-state index contributed by atoms with van der Waals surface area (Å²) in [5.74, 6) is -0.101. The van der Waals surface area contributed by atoms with Gasteiger partial charge >= 0.3 is 5.97 Å². The Labute approximate surface area is 173 Å². The van der Waals surface area contributed by atoms with E-state index in [0.717, 1.165) is 11.3 Å². The fourth-order valence-corrected chi connectivity index (χ4v) is 3.66. The van der Waals surface area contributed by atoms with Crippen LogP contribution in [0, 0.1) is 0 Å². The maximum atomic E-state index is 12.7. The lowest BCUT2D eigenvalue weighted by Crippen LogP contribution is -2.57.